The van der Waals surface area contributed by atoms with Crippen LogP contribution in [0, 0.1) is 11.7 Å². The molecule has 1 heterocycles. The van der Waals surface area contributed by atoms with Crippen molar-refractivity contribution >= 4 is 11.8 Å². The number of rotatable bonds is 8. The lowest BCUT2D eigenvalue weighted by atomic mass is 10.1. The summed E-state index contributed by atoms with van der Waals surface area (Å²) < 4.78 is 13.9. The summed E-state index contributed by atoms with van der Waals surface area (Å²) in [5.74, 6) is 0.958. The lowest BCUT2D eigenvalue weighted by Crippen LogP contribution is -2.30. The minimum absolute atomic E-state index is 0.0193. The van der Waals surface area contributed by atoms with Crippen LogP contribution >= 0.6 is 0 Å². The van der Waals surface area contributed by atoms with Crippen LogP contribution in [0.2, 0.25) is 0 Å². The maximum atomic E-state index is 13.9. The molecule has 5 nitrogen and oxygen atoms in total. The molecule has 0 spiro atoms. The molecule has 0 aliphatic carbocycles. The van der Waals surface area contributed by atoms with Gasteiger partial charge in [-0.05, 0) is 12.0 Å². The Hall–Kier alpha value is -2.99. The second-order valence-corrected chi connectivity index (χ2v) is 6.95. The molecule has 3 N–H and O–H groups in total. The van der Waals surface area contributed by atoms with Crippen molar-refractivity contribution < 1.29 is 9.50 Å². The van der Waals surface area contributed by atoms with Gasteiger partial charge >= 0.3 is 0 Å². The van der Waals surface area contributed by atoms with Gasteiger partial charge in [-0.2, -0.15) is 4.98 Å². The van der Waals surface area contributed by atoms with E-state index >= 15 is 0 Å². The molecule has 0 saturated carbocycles. The summed E-state index contributed by atoms with van der Waals surface area (Å²) in [6.45, 7) is 4.33. The number of aliphatic hydroxyl groups is 1. The first-order valence-corrected chi connectivity index (χ1v) is 9.36. The molecule has 0 saturated heterocycles. The predicted octanol–water partition coefficient (Wildman–Crippen LogP) is 4.32. The van der Waals surface area contributed by atoms with Gasteiger partial charge in [0.2, 0.25) is 5.95 Å². The van der Waals surface area contributed by atoms with E-state index in [4.69, 9.17) is 0 Å². The number of aromatic nitrogens is 2. The van der Waals surface area contributed by atoms with Crippen LogP contribution in [0.4, 0.5) is 16.2 Å². The topological polar surface area (TPSA) is 70.1 Å². The van der Waals surface area contributed by atoms with Crippen molar-refractivity contribution in [3.8, 4) is 11.3 Å². The van der Waals surface area contributed by atoms with Gasteiger partial charge in [0.15, 0.2) is 0 Å². The zero-order valence-electron chi connectivity index (χ0n) is 16.1. The first kappa shape index (κ1) is 19.8. The molecule has 0 unspecified atom stereocenters. The Morgan fingerprint density at radius 2 is 1.71 bits per heavy atom. The number of hydrogen-bond acceptors (Lipinski definition) is 5. The first-order chi connectivity index (χ1) is 13.6. The van der Waals surface area contributed by atoms with Crippen molar-refractivity contribution in [2.24, 2.45) is 5.92 Å². The van der Waals surface area contributed by atoms with Gasteiger partial charge < -0.3 is 15.7 Å². The minimum Gasteiger partial charge on any atom is -0.394 e. The Morgan fingerprint density at radius 1 is 1.00 bits per heavy atom. The highest BCUT2D eigenvalue weighted by atomic mass is 19.1. The fourth-order valence-corrected chi connectivity index (χ4v) is 2.78. The molecule has 0 fully saturated rings. The monoisotopic (exact) mass is 380 g/mol. The average molecular weight is 380 g/mol. The maximum absolute atomic E-state index is 13.9. The summed E-state index contributed by atoms with van der Waals surface area (Å²) in [6.07, 6.45) is 0. The summed E-state index contributed by atoms with van der Waals surface area (Å²) in [6, 6.07) is 18.1. The Labute approximate surface area is 164 Å². The Morgan fingerprint density at radius 3 is 2.39 bits per heavy atom. The summed E-state index contributed by atoms with van der Waals surface area (Å²) in [4.78, 5) is 9.11. The molecule has 0 amide bonds. The van der Waals surface area contributed by atoms with Crippen LogP contribution in [0.15, 0.2) is 60.7 Å². The largest absolute Gasteiger partial charge is 0.394 e. The Bertz CT molecular complexity index is 902. The Balaban J connectivity index is 1.89. The number of halogens is 1. The van der Waals surface area contributed by atoms with Crippen molar-refractivity contribution in [3.05, 3.63) is 72.0 Å². The zero-order chi connectivity index (χ0) is 19.9. The van der Waals surface area contributed by atoms with E-state index in [0.29, 0.717) is 23.9 Å². The molecular weight excluding hydrogens is 355 g/mol. The van der Waals surface area contributed by atoms with Gasteiger partial charge in [-0.1, -0.05) is 62.4 Å². The third-order valence-corrected chi connectivity index (χ3v) is 4.53. The molecular formula is C22H25FN4O. The average Bonchev–Trinajstić information content (AvgIpc) is 2.71. The molecule has 0 radical (unpaired) electrons. The molecule has 1 aromatic heterocycles. The van der Waals surface area contributed by atoms with E-state index in [-0.39, 0.29) is 24.4 Å². The normalized spacial score (nSPS) is 12.0. The van der Waals surface area contributed by atoms with E-state index in [1.165, 1.54) is 6.07 Å². The predicted molar refractivity (Wildman–Crippen MR) is 111 cm³/mol. The number of benzene rings is 2. The third kappa shape index (κ3) is 5.04. The molecule has 3 rings (SSSR count). The molecule has 28 heavy (non-hydrogen) atoms. The summed E-state index contributed by atoms with van der Waals surface area (Å²) >= 11 is 0. The molecule has 0 aliphatic heterocycles. The van der Waals surface area contributed by atoms with Crippen LogP contribution in [-0.2, 0) is 6.54 Å². The van der Waals surface area contributed by atoms with Gasteiger partial charge in [-0.3, -0.25) is 0 Å². The van der Waals surface area contributed by atoms with Crippen molar-refractivity contribution in [3.63, 3.8) is 0 Å². The zero-order valence-corrected chi connectivity index (χ0v) is 16.1. The van der Waals surface area contributed by atoms with E-state index in [2.05, 4.69) is 20.6 Å². The number of anilines is 2. The highest BCUT2D eigenvalue weighted by Crippen LogP contribution is 2.23. The highest BCUT2D eigenvalue weighted by Gasteiger charge is 2.15. The molecule has 0 aliphatic rings. The summed E-state index contributed by atoms with van der Waals surface area (Å²) in [7, 11) is 0. The SMILES string of the molecule is CC(C)[C@@H](CO)Nc1nc(NCc2ccccc2F)cc(-c2ccccc2)n1. The lowest BCUT2D eigenvalue weighted by Gasteiger charge is -2.20. The molecule has 3 aromatic rings. The van der Waals surface area contributed by atoms with E-state index in [1.807, 2.05) is 50.2 Å². The second kappa shape index (κ2) is 9.28. The van der Waals surface area contributed by atoms with E-state index in [9.17, 15) is 9.50 Å². The van der Waals surface area contributed by atoms with Gasteiger partial charge in [0.05, 0.1) is 18.3 Å². The fourth-order valence-electron chi connectivity index (χ4n) is 2.78. The van der Waals surface area contributed by atoms with Crippen LogP contribution in [0.5, 0.6) is 0 Å². The van der Waals surface area contributed by atoms with E-state index < -0.39 is 0 Å². The summed E-state index contributed by atoms with van der Waals surface area (Å²) in [5.41, 5.74) is 2.26. The second-order valence-electron chi connectivity index (χ2n) is 6.95. The van der Waals surface area contributed by atoms with Gasteiger partial charge in [0.1, 0.15) is 11.6 Å². The standard InChI is InChI=1S/C22H25FN4O/c1-15(2)20(14-28)26-22-25-19(16-8-4-3-5-9-16)12-21(27-22)24-13-17-10-6-7-11-18(17)23/h3-12,15,20,28H,13-14H2,1-2H3,(H2,24,25,26,27)/t20-/m1/s1. The van der Waals surface area contributed by atoms with Crippen molar-refractivity contribution in [2.75, 3.05) is 17.2 Å². The third-order valence-electron chi connectivity index (χ3n) is 4.53. The highest BCUT2D eigenvalue weighted by molar-refractivity contribution is 5.64. The number of aliphatic hydroxyl groups excluding tert-OH is 1. The molecule has 0 bridgehead atoms. The van der Waals surface area contributed by atoms with Crippen LogP contribution in [0.1, 0.15) is 19.4 Å². The fraction of sp³-hybridized carbons (Fsp3) is 0.273. The van der Waals surface area contributed by atoms with Crippen LogP contribution in [-0.4, -0.2) is 27.7 Å². The van der Waals surface area contributed by atoms with Gasteiger partial charge in [-0.25, -0.2) is 9.37 Å². The van der Waals surface area contributed by atoms with Crippen molar-refractivity contribution in [1.82, 2.24) is 9.97 Å². The van der Waals surface area contributed by atoms with Crippen LogP contribution in [0.3, 0.4) is 0 Å². The molecule has 2 aromatic carbocycles. The molecule has 146 valence electrons. The maximum Gasteiger partial charge on any atom is 0.225 e. The van der Waals surface area contributed by atoms with Gasteiger partial charge in [0.25, 0.3) is 0 Å². The smallest absolute Gasteiger partial charge is 0.225 e. The van der Waals surface area contributed by atoms with Crippen molar-refractivity contribution in [2.45, 2.75) is 26.4 Å². The summed E-state index contributed by atoms with van der Waals surface area (Å²) in [5, 5.41) is 16.0. The number of nitrogens with zero attached hydrogens (tertiary/aromatic N) is 2. The lowest BCUT2D eigenvalue weighted by molar-refractivity contribution is 0.248. The number of hydrogen-bond donors (Lipinski definition) is 3. The van der Waals surface area contributed by atoms with Gasteiger partial charge in [0, 0.05) is 23.7 Å². The first-order valence-electron chi connectivity index (χ1n) is 9.36. The minimum atomic E-state index is -0.258. The number of nitrogens with one attached hydrogen (secondary N) is 2. The molecule has 6 heteroatoms. The Kier molecular flexibility index (Phi) is 6.55. The van der Waals surface area contributed by atoms with Crippen molar-refractivity contribution in [1.29, 1.82) is 0 Å². The molecule has 1 atom stereocenters. The van der Waals surface area contributed by atoms with E-state index in [1.54, 1.807) is 18.2 Å². The van der Waals surface area contributed by atoms with Gasteiger partial charge in [-0.15, -0.1) is 0 Å². The van der Waals surface area contributed by atoms with Crippen LogP contribution < -0.4 is 10.6 Å². The quantitative estimate of drug-likeness (QED) is 0.543. The van der Waals surface area contributed by atoms with E-state index in [0.717, 1.165) is 11.3 Å². The van der Waals surface area contributed by atoms with Crippen LogP contribution in [0.25, 0.3) is 11.3 Å².